The van der Waals surface area contributed by atoms with E-state index < -0.39 is 30.5 Å². The zero-order chi connectivity index (χ0) is 13.6. The molecule has 1 atom stereocenters. The van der Waals surface area contributed by atoms with Crippen molar-refractivity contribution in [2.75, 3.05) is 6.80 Å². The molecular weight excluding hydrogens is 229 g/mol. The van der Waals surface area contributed by atoms with Crippen molar-refractivity contribution < 1.29 is 23.8 Å². The fourth-order valence-electron chi connectivity index (χ4n) is 1.27. The van der Waals surface area contributed by atoms with Crippen LogP contribution in [-0.4, -0.2) is 40.5 Å². The molecule has 0 heterocycles. The van der Waals surface area contributed by atoms with Gasteiger partial charge in [-0.25, -0.2) is 14.0 Å². The maximum atomic E-state index is 12.8. The van der Waals surface area contributed by atoms with Gasteiger partial charge in [-0.15, -0.1) is 0 Å². The van der Waals surface area contributed by atoms with Gasteiger partial charge in [0, 0.05) is 0 Å². The summed E-state index contributed by atoms with van der Waals surface area (Å²) in [4.78, 5) is 23.1. The molecule has 0 aliphatic heterocycles. The van der Waals surface area contributed by atoms with E-state index in [0.717, 1.165) is 0 Å². The van der Waals surface area contributed by atoms with Crippen molar-refractivity contribution in [2.45, 2.75) is 52.2 Å². The lowest BCUT2D eigenvalue weighted by atomic mass is 10.1. The van der Waals surface area contributed by atoms with Crippen LogP contribution >= 0.6 is 0 Å². The normalized spacial score (nSPS) is 13.0. The number of aliphatic carboxylic acids is 1. The molecule has 1 amide bonds. The second kappa shape index (κ2) is 6.42. The molecular formula is C11H20FNO4. The minimum Gasteiger partial charge on any atom is -0.480 e. The Bertz CT molecular complexity index is 275. The predicted octanol–water partition coefficient (Wildman–Crippen LogP) is 2.40. The molecule has 0 saturated heterocycles. The lowest BCUT2D eigenvalue weighted by molar-refractivity contribution is -0.144. The van der Waals surface area contributed by atoms with E-state index in [1.54, 1.807) is 27.7 Å². The fourth-order valence-corrected chi connectivity index (χ4v) is 1.27. The van der Waals surface area contributed by atoms with Crippen LogP contribution in [0.25, 0.3) is 0 Å². The van der Waals surface area contributed by atoms with Crippen molar-refractivity contribution in [1.82, 2.24) is 4.90 Å². The lowest BCUT2D eigenvalue weighted by Gasteiger charge is -2.29. The average molecular weight is 249 g/mol. The molecule has 0 aromatic heterocycles. The Morgan fingerprint density at radius 1 is 1.41 bits per heavy atom. The minimum absolute atomic E-state index is 0.193. The molecule has 100 valence electrons. The second-order valence-corrected chi connectivity index (χ2v) is 4.71. The van der Waals surface area contributed by atoms with E-state index in [9.17, 15) is 14.0 Å². The summed E-state index contributed by atoms with van der Waals surface area (Å²) >= 11 is 0. The molecule has 6 heteroatoms. The van der Waals surface area contributed by atoms with Gasteiger partial charge in [-0.3, -0.25) is 4.90 Å². The first kappa shape index (κ1) is 15.7. The van der Waals surface area contributed by atoms with Crippen LogP contribution < -0.4 is 0 Å². The number of carboxylic acids is 1. The summed E-state index contributed by atoms with van der Waals surface area (Å²) in [5.41, 5.74) is -0.778. The van der Waals surface area contributed by atoms with E-state index in [2.05, 4.69) is 0 Å². The molecule has 0 radical (unpaired) electrons. The van der Waals surface area contributed by atoms with E-state index in [-0.39, 0.29) is 6.42 Å². The molecule has 0 aromatic carbocycles. The molecule has 1 unspecified atom stereocenters. The third-order valence-corrected chi connectivity index (χ3v) is 1.98. The van der Waals surface area contributed by atoms with Gasteiger partial charge in [0.1, 0.15) is 11.6 Å². The van der Waals surface area contributed by atoms with Crippen molar-refractivity contribution in [3.05, 3.63) is 0 Å². The molecule has 5 nitrogen and oxygen atoms in total. The number of nitrogens with zero attached hydrogens (tertiary/aromatic N) is 1. The maximum absolute atomic E-state index is 12.8. The van der Waals surface area contributed by atoms with Crippen LogP contribution in [0, 0.1) is 0 Å². The monoisotopic (exact) mass is 249 g/mol. The van der Waals surface area contributed by atoms with Crippen molar-refractivity contribution in [3.63, 3.8) is 0 Å². The van der Waals surface area contributed by atoms with Gasteiger partial charge >= 0.3 is 12.1 Å². The first-order valence-electron chi connectivity index (χ1n) is 5.51. The molecule has 0 fully saturated rings. The zero-order valence-corrected chi connectivity index (χ0v) is 10.7. The average Bonchev–Trinajstić information content (AvgIpc) is 2.14. The molecule has 0 saturated carbocycles. The van der Waals surface area contributed by atoms with Gasteiger partial charge in [0.2, 0.25) is 0 Å². The first-order chi connectivity index (χ1) is 7.72. The van der Waals surface area contributed by atoms with Crippen molar-refractivity contribution >= 4 is 12.1 Å². The number of rotatable bonds is 5. The molecule has 17 heavy (non-hydrogen) atoms. The van der Waals surface area contributed by atoms with E-state index in [1.807, 2.05) is 0 Å². The highest BCUT2D eigenvalue weighted by Crippen LogP contribution is 2.14. The number of hydrogen-bond acceptors (Lipinski definition) is 3. The smallest absolute Gasteiger partial charge is 0.413 e. The summed E-state index contributed by atoms with van der Waals surface area (Å²) in [5.74, 6) is -1.23. The summed E-state index contributed by atoms with van der Waals surface area (Å²) in [5, 5.41) is 8.94. The van der Waals surface area contributed by atoms with Crippen LogP contribution in [-0.2, 0) is 9.53 Å². The van der Waals surface area contributed by atoms with Gasteiger partial charge in [0.25, 0.3) is 0 Å². The highest BCUT2D eigenvalue weighted by molar-refractivity contribution is 5.80. The van der Waals surface area contributed by atoms with Crippen LogP contribution in [0.2, 0.25) is 0 Å². The van der Waals surface area contributed by atoms with E-state index >= 15 is 0 Å². The van der Waals surface area contributed by atoms with Crippen LogP contribution in [0.4, 0.5) is 9.18 Å². The van der Waals surface area contributed by atoms with E-state index in [0.29, 0.717) is 11.3 Å². The van der Waals surface area contributed by atoms with Crippen molar-refractivity contribution in [3.8, 4) is 0 Å². The second-order valence-electron chi connectivity index (χ2n) is 4.71. The largest absolute Gasteiger partial charge is 0.480 e. The number of hydrogen-bond donors (Lipinski definition) is 1. The fraction of sp³-hybridized carbons (Fsp3) is 0.818. The van der Waals surface area contributed by atoms with Crippen LogP contribution in [0.15, 0.2) is 0 Å². The number of carbonyl (C=O) groups is 2. The van der Waals surface area contributed by atoms with Crippen molar-refractivity contribution in [2.24, 2.45) is 0 Å². The molecule has 1 N–H and O–H groups in total. The summed E-state index contributed by atoms with van der Waals surface area (Å²) in [6, 6.07) is -1.18. The lowest BCUT2D eigenvalue weighted by Crippen LogP contribution is -2.46. The Morgan fingerprint density at radius 2 is 1.94 bits per heavy atom. The number of halogens is 1. The van der Waals surface area contributed by atoms with Gasteiger partial charge < -0.3 is 9.84 Å². The molecule has 0 aromatic rings. The number of carbonyl (C=O) groups excluding carboxylic acids is 1. The standard InChI is InChI=1S/C11H20FNO4/c1-5-6-8(9(14)15)13(7-12)10(16)17-11(2,3)4/h8H,5-7H2,1-4H3,(H,14,15). The summed E-state index contributed by atoms with van der Waals surface area (Å²) in [6.45, 7) is 5.50. The molecule has 0 rings (SSSR count). The first-order valence-corrected chi connectivity index (χ1v) is 5.51. The summed E-state index contributed by atoms with van der Waals surface area (Å²) < 4.78 is 17.7. The van der Waals surface area contributed by atoms with Crippen LogP contribution in [0.3, 0.4) is 0 Å². The molecule has 0 aliphatic carbocycles. The SMILES string of the molecule is CCCC(C(=O)O)N(CF)C(=O)OC(C)(C)C. The summed E-state index contributed by atoms with van der Waals surface area (Å²) in [7, 11) is 0. The number of carboxylic acid groups (broad SMARTS) is 1. The number of alkyl halides is 1. The third-order valence-electron chi connectivity index (χ3n) is 1.98. The van der Waals surface area contributed by atoms with Gasteiger partial charge in [-0.2, -0.15) is 0 Å². The predicted molar refractivity (Wildman–Crippen MR) is 60.4 cm³/mol. The zero-order valence-electron chi connectivity index (χ0n) is 10.7. The quantitative estimate of drug-likeness (QED) is 0.760. The van der Waals surface area contributed by atoms with Gasteiger partial charge in [-0.1, -0.05) is 13.3 Å². The van der Waals surface area contributed by atoms with Gasteiger partial charge in [0.05, 0.1) is 0 Å². The molecule has 0 bridgehead atoms. The van der Waals surface area contributed by atoms with Gasteiger partial charge in [0.15, 0.2) is 6.80 Å². The Morgan fingerprint density at radius 3 is 2.24 bits per heavy atom. The van der Waals surface area contributed by atoms with Crippen LogP contribution in [0.1, 0.15) is 40.5 Å². The van der Waals surface area contributed by atoms with E-state index in [1.165, 1.54) is 0 Å². The molecule has 0 aliphatic rings. The highest BCUT2D eigenvalue weighted by atomic mass is 19.1. The van der Waals surface area contributed by atoms with Crippen LogP contribution in [0.5, 0.6) is 0 Å². The van der Waals surface area contributed by atoms with Crippen molar-refractivity contribution in [1.29, 1.82) is 0 Å². The minimum atomic E-state index is -1.23. The number of amides is 1. The summed E-state index contributed by atoms with van der Waals surface area (Å²) in [6.07, 6.45) is -0.213. The Balaban J connectivity index is 4.78. The Hall–Kier alpha value is -1.33. The highest BCUT2D eigenvalue weighted by Gasteiger charge is 2.32. The third kappa shape index (κ3) is 5.51. The number of ether oxygens (including phenoxy) is 1. The topological polar surface area (TPSA) is 66.8 Å². The molecule has 0 spiro atoms. The maximum Gasteiger partial charge on any atom is 0.413 e. The van der Waals surface area contributed by atoms with Gasteiger partial charge in [-0.05, 0) is 27.2 Å². The Labute approximate surface area is 101 Å². The Kier molecular flexibility index (Phi) is 5.91. The van der Waals surface area contributed by atoms with E-state index in [4.69, 9.17) is 9.84 Å².